The van der Waals surface area contributed by atoms with E-state index in [0.717, 1.165) is 26.6 Å². The maximum atomic E-state index is 13.7. The number of benzene rings is 2. The summed E-state index contributed by atoms with van der Waals surface area (Å²) in [6.45, 7) is 6.82. The Balaban J connectivity index is 1.78. The first-order valence-corrected chi connectivity index (χ1v) is 12.2. The lowest BCUT2D eigenvalue weighted by Crippen LogP contribution is -2.30. The van der Waals surface area contributed by atoms with Gasteiger partial charge in [0.25, 0.3) is 5.91 Å². The van der Waals surface area contributed by atoms with Crippen molar-refractivity contribution in [1.29, 1.82) is 0 Å². The second-order valence-corrected chi connectivity index (χ2v) is 9.86. The Hall–Kier alpha value is -2.70. The van der Waals surface area contributed by atoms with E-state index in [1.807, 2.05) is 42.5 Å². The lowest BCUT2D eigenvalue weighted by Gasteiger charge is -2.20. The molecule has 4 nitrogen and oxygen atoms in total. The van der Waals surface area contributed by atoms with E-state index < -0.39 is 0 Å². The van der Waals surface area contributed by atoms with Crippen molar-refractivity contribution in [1.82, 2.24) is 9.97 Å². The van der Waals surface area contributed by atoms with Crippen molar-refractivity contribution in [2.45, 2.75) is 38.1 Å². The fourth-order valence-electron chi connectivity index (χ4n) is 3.46. The van der Waals surface area contributed by atoms with Gasteiger partial charge in [0.15, 0.2) is 5.13 Å². The molecule has 0 fully saturated rings. The van der Waals surface area contributed by atoms with E-state index in [1.54, 1.807) is 34.2 Å². The van der Waals surface area contributed by atoms with Gasteiger partial charge in [0.1, 0.15) is 0 Å². The summed E-state index contributed by atoms with van der Waals surface area (Å²) in [6.07, 6.45) is 1.76. The number of pyridine rings is 1. The van der Waals surface area contributed by atoms with Gasteiger partial charge in [-0.25, -0.2) is 4.98 Å². The highest BCUT2D eigenvalue weighted by molar-refractivity contribution is 7.99. The maximum absolute atomic E-state index is 13.7. The molecule has 0 atom stereocenters. The van der Waals surface area contributed by atoms with Crippen molar-refractivity contribution in [2.75, 3.05) is 10.7 Å². The van der Waals surface area contributed by atoms with Crippen LogP contribution in [0.3, 0.4) is 0 Å². The van der Waals surface area contributed by atoms with Crippen molar-refractivity contribution in [3.8, 4) is 0 Å². The van der Waals surface area contributed by atoms with E-state index in [9.17, 15) is 4.79 Å². The highest BCUT2D eigenvalue weighted by Crippen LogP contribution is 2.35. The van der Waals surface area contributed by atoms with Crippen LogP contribution in [0.4, 0.5) is 5.13 Å². The number of thioether (sulfide) groups is 1. The molecule has 4 rings (SSSR count). The molecule has 158 valence electrons. The van der Waals surface area contributed by atoms with Gasteiger partial charge in [0, 0.05) is 16.7 Å². The molecule has 0 saturated carbocycles. The average Bonchev–Trinajstić information content (AvgIpc) is 3.22. The summed E-state index contributed by atoms with van der Waals surface area (Å²) in [5, 5.41) is 0.701. The topological polar surface area (TPSA) is 46.1 Å². The van der Waals surface area contributed by atoms with Crippen LogP contribution in [0.1, 0.15) is 48.3 Å². The maximum Gasteiger partial charge on any atom is 0.260 e. The summed E-state index contributed by atoms with van der Waals surface area (Å²) >= 11 is 3.29. The van der Waals surface area contributed by atoms with Crippen LogP contribution < -0.4 is 4.90 Å². The number of hydrogen-bond donors (Lipinski definition) is 0. The predicted molar refractivity (Wildman–Crippen MR) is 131 cm³/mol. The van der Waals surface area contributed by atoms with Crippen LogP contribution >= 0.6 is 23.1 Å². The Kier molecular flexibility index (Phi) is 6.68. The molecule has 0 spiro atoms. The minimum absolute atomic E-state index is 0.0608. The van der Waals surface area contributed by atoms with Crippen LogP contribution in [0.2, 0.25) is 0 Å². The quantitative estimate of drug-likeness (QED) is 0.293. The zero-order valence-electron chi connectivity index (χ0n) is 17.9. The number of thiazole rings is 1. The Morgan fingerprint density at radius 3 is 2.68 bits per heavy atom. The lowest BCUT2D eigenvalue weighted by atomic mass is 10.0. The van der Waals surface area contributed by atoms with Crippen molar-refractivity contribution in [3.05, 3.63) is 83.7 Å². The molecule has 6 heteroatoms. The Labute approximate surface area is 191 Å². The van der Waals surface area contributed by atoms with E-state index in [4.69, 9.17) is 4.98 Å². The molecule has 0 aliphatic heterocycles. The minimum Gasteiger partial charge on any atom is -0.278 e. The summed E-state index contributed by atoms with van der Waals surface area (Å²) < 4.78 is 1.09. The van der Waals surface area contributed by atoms with Crippen LogP contribution in [0.25, 0.3) is 10.2 Å². The van der Waals surface area contributed by atoms with Gasteiger partial charge in [-0.1, -0.05) is 56.4 Å². The minimum atomic E-state index is -0.0608. The second-order valence-electron chi connectivity index (χ2n) is 7.52. The molecule has 2 aromatic carbocycles. The average molecular weight is 448 g/mol. The summed E-state index contributed by atoms with van der Waals surface area (Å²) in [5.41, 5.74) is 3.68. The van der Waals surface area contributed by atoms with E-state index in [1.165, 1.54) is 5.56 Å². The molecule has 1 amide bonds. The number of fused-ring (bicyclic) bond motifs is 1. The van der Waals surface area contributed by atoms with Gasteiger partial charge in [-0.05, 0) is 53.6 Å². The molecule has 31 heavy (non-hydrogen) atoms. The fraction of sp³-hybridized carbons (Fsp3) is 0.240. The van der Waals surface area contributed by atoms with Crippen molar-refractivity contribution < 1.29 is 4.79 Å². The van der Waals surface area contributed by atoms with Crippen molar-refractivity contribution in [2.24, 2.45) is 0 Å². The first-order valence-electron chi connectivity index (χ1n) is 10.4. The van der Waals surface area contributed by atoms with Crippen molar-refractivity contribution in [3.63, 3.8) is 0 Å². The molecule has 0 saturated heterocycles. The SMILES string of the molecule is CCSc1cccc(C(=O)N(Cc2ccccn2)c2nc3c(C(C)C)cccc3s2)c1. The molecular formula is C25H25N3OS2. The molecule has 0 radical (unpaired) electrons. The smallest absolute Gasteiger partial charge is 0.260 e. The molecule has 0 N–H and O–H groups in total. The number of para-hydroxylation sites is 1. The number of nitrogens with zero attached hydrogens (tertiary/aromatic N) is 3. The molecule has 2 aromatic heterocycles. The first-order chi connectivity index (χ1) is 15.1. The number of amides is 1. The summed E-state index contributed by atoms with van der Waals surface area (Å²) in [4.78, 5) is 25.9. The van der Waals surface area contributed by atoms with Crippen LogP contribution in [-0.4, -0.2) is 21.6 Å². The summed E-state index contributed by atoms with van der Waals surface area (Å²) in [7, 11) is 0. The second kappa shape index (κ2) is 9.62. The van der Waals surface area contributed by atoms with Gasteiger partial charge in [-0.2, -0.15) is 0 Å². The Bertz CT molecular complexity index is 1190. The molecule has 0 aliphatic rings. The zero-order chi connectivity index (χ0) is 21.8. The van der Waals surface area contributed by atoms with E-state index in [0.29, 0.717) is 23.2 Å². The largest absolute Gasteiger partial charge is 0.278 e. The third kappa shape index (κ3) is 4.81. The summed E-state index contributed by atoms with van der Waals surface area (Å²) in [5.74, 6) is 1.27. The number of carbonyl (C=O) groups is 1. The van der Waals surface area contributed by atoms with Gasteiger partial charge in [-0.3, -0.25) is 14.7 Å². The van der Waals surface area contributed by atoms with E-state index in [-0.39, 0.29) is 5.91 Å². The Morgan fingerprint density at radius 2 is 1.94 bits per heavy atom. The number of hydrogen-bond acceptors (Lipinski definition) is 5. The van der Waals surface area contributed by atoms with Gasteiger partial charge in [-0.15, -0.1) is 11.8 Å². The number of aromatic nitrogens is 2. The number of anilines is 1. The van der Waals surface area contributed by atoms with Crippen LogP contribution in [-0.2, 0) is 6.54 Å². The van der Waals surface area contributed by atoms with Gasteiger partial charge < -0.3 is 0 Å². The van der Waals surface area contributed by atoms with Crippen LogP contribution in [0.15, 0.2) is 71.8 Å². The van der Waals surface area contributed by atoms with Crippen molar-refractivity contribution >= 4 is 44.4 Å². The first kappa shape index (κ1) is 21.5. The van der Waals surface area contributed by atoms with E-state index in [2.05, 4.69) is 44.0 Å². The van der Waals surface area contributed by atoms with Gasteiger partial charge >= 0.3 is 0 Å². The molecule has 2 heterocycles. The fourth-order valence-corrected chi connectivity index (χ4v) is 5.18. The normalized spacial score (nSPS) is 11.2. The molecule has 0 unspecified atom stereocenters. The van der Waals surface area contributed by atoms with E-state index >= 15 is 0 Å². The molecule has 0 aliphatic carbocycles. The third-order valence-corrected chi connectivity index (χ3v) is 6.89. The van der Waals surface area contributed by atoms with Crippen LogP contribution in [0, 0.1) is 0 Å². The zero-order valence-corrected chi connectivity index (χ0v) is 19.5. The summed E-state index contributed by atoms with van der Waals surface area (Å²) in [6, 6.07) is 19.9. The number of carbonyl (C=O) groups excluding carboxylic acids is 1. The predicted octanol–water partition coefficient (Wildman–Crippen LogP) is 6.77. The number of rotatable bonds is 7. The standard InChI is InChI=1S/C25H25N3OS2/c1-4-30-20-11-7-9-18(15-20)24(29)28(16-19-10-5-6-14-26-19)25-27-23-21(17(2)3)12-8-13-22(23)31-25/h5-15,17H,4,16H2,1-3H3. The highest BCUT2D eigenvalue weighted by atomic mass is 32.2. The third-order valence-electron chi connectivity index (χ3n) is 4.98. The highest BCUT2D eigenvalue weighted by Gasteiger charge is 2.23. The Morgan fingerprint density at radius 1 is 1.10 bits per heavy atom. The lowest BCUT2D eigenvalue weighted by molar-refractivity contribution is 0.0984. The molecule has 0 bridgehead atoms. The monoisotopic (exact) mass is 447 g/mol. The molecular weight excluding hydrogens is 422 g/mol. The van der Waals surface area contributed by atoms with Crippen LogP contribution in [0.5, 0.6) is 0 Å². The van der Waals surface area contributed by atoms with Gasteiger partial charge in [0.2, 0.25) is 0 Å². The molecule has 4 aromatic rings. The van der Waals surface area contributed by atoms with Gasteiger partial charge in [0.05, 0.1) is 22.5 Å².